The molecule has 5 heteroatoms. The first-order chi connectivity index (χ1) is 10.9. The Labute approximate surface area is 138 Å². The van der Waals surface area contributed by atoms with Crippen LogP contribution >= 0.6 is 0 Å². The van der Waals surface area contributed by atoms with E-state index in [-0.39, 0.29) is 23.8 Å². The summed E-state index contributed by atoms with van der Waals surface area (Å²) in [7, 11) is 0. The minimum atomic E-state index is -0.208. The number of piperazine rings is 1. The van der Waals surface area contributed by atoms with Crippen molar-refractivity contribution in [3.05, 3.63) is 30.1 Å². The van der Waals surface area contributed by atoms with Crippen molar-refractivity contribution in [1.82, 2.24) is 9.80 Å². The Morgan fingerprint density at radius 2 is 1.57 bits per heavy atom. The zero-order valence-corrected chi connectivity index (χ0v) is 14.6. The Balaban J connectivity index is 1.87. The topological polar surface area (TPSA) is 26.8 Å². The van der Waals surface area contributed by atoms with Crippen LogP contribution in [-0.2, 0) is 4.79 Å². The van der Waals surface area contributed by atoms with E-state index in [1.54, 1.807) is 0 Å². The molecule has 1 aliphatic heterocycles. The number of amides is 1. The van der Waals surface area contributed by atoms with Crippen molar-refractivity contribution in [3.8, 4) is 0 Å². The van der Waals surface area contributed by atoms with Crippen molar-refractivity contribution in [2.24, 2.45) is 0 Å². The zero-order chi connectivity index (χ0) is 17.0. The van der Waals surface area contributed by atoms with Crippen molar-refractivity contribution in [2.45, 2.75) is 39.8 Å². The van der Waals surface area contributed by atoms with Crippen LogP contribution in [0, 0.1) is 5.82 Å². The molecule has 4 nitrogen and oxygen atoms in total. The molecule has 0 radical (unpaired) electrons. The third kappa shape index (κ3) is 4.67. The molecule has 23 heavy (non-hydrogen) atoms. The number of benzene rings is 1. The van der Waals surface area contributed by atoms with Gasteiger partial charge in [0.25, 0.3) is 0 Å². The predicted molar refractivity (Wildman–Crippen MR) is 92.2 cm³/mol. The summed E-state index contributed by atoms with van der Waals surface area (Å²) in [6, 6.07) is 7.07. The molecule has 1 aliphatic rings. The molecule has 2 rings (SSSR count). The van der Waals surface area contributed by atoms with Gasteiger partial charge in [-0.3, -0.25) is 9.69 Å². The molecule has 1 heterocycles. The maximum Gasteiger partial charge on any atom is 0.237 e. The van der Waals surface area contributed by atoms with E-state index in [1.807, 2.05) is 17.0 Å². The summed E-state index contributed by atoms with van der Waals surface area (Å²) in [6.45, 7) is 12.2. The van der Waals surface area contributed by atoms with Gasteiger partial charge in [-0.2, -0.15) is 0 Å². The minimum Gasteiger partial charge on any atom is -0.369 e. The smallest absolute Gasteiger partial charge is 0.237 e. The van der Waals surface area contributed by atoms with Crippen LogP contribution in [-0.4, -0.2) is 60.5 Å². The molecule has 0 spiro atoms. The first kappa shape index (κ1) is 17.7. The molecule has 0 N–H and O–H groups in total. The van der Waals surface area contributed by atoms with E-state index >= 15 is 0 Å². The van der Waals surface area contributed by atoms with E-state index in [0.717, 1.165) is 31.9 Å². The molecule has 0 atom stereocenters. The molecule has 0 unspecified atom stereocenters. The van der Waals surface area contributed by atoms with Gasteiger partial charge in [0, 0.05) is 44.0 Å². The SMILES string of the molecule is CC(C)N(C(=O)CN1CCN(c2ccc(F)cc2)CC1)C(C)C. The first-order valence-electron chi connectivity index (χ1n) is 8.42. The Bertz CT molecular complexity index is 500. The molecule has 1 saturated heterocycles. The summed E-state index contributed by atoms with van der Waals surface area (Å²) < 4.78 is 13.0. The monoisotopic (exact) mass is 321 g/mol. The number of rotatable bonds is 5. The van der Waals surface area contributed by atoms with Crippen LogP contribution in [0.25, 0.3) is 0 Å². The van der Waals surface area contributed by atoms with Crippen LogP contribution in [0.3, 0.4) is 0 Å². The van der Waals surface area contributed by atoms with Gasteiger partial charge in [0.05, 0.1) is 6.54 Å². The van der Waals surface area contributed by atoms with Crippen molar-refractivity contribution in [3.63, 3.8) is 0 Å². The van der Waals surface area contributed by atoms with Crippen molar-refractivity contribution in [1.29, 1.82) is 0 Å². The number of anilines is 1. The van der Waals surface area contributed by atoms with Gasteiger partial charge >= 0.3 is 0 Å². The Morgan fingerprint density at radius 3 is 2.04 bits per heavy atom. The lowest BCUT2D eigenvalue weighted by Crippen LogP contribution is -2.52. The van der Waals surface area contributed by atoms with E-state index in [0.29, 0.717) is 6.54 Å². The van der Waals surface area contributed by atoms with E-state index in [9.17, 15) is 9.18 Å². The van der Waals surface area contributed by atoms with Gasteiger partial charge in [0.15, 0.2) is 0 Å². The molecule has 128 valence electrons. The predicted octanol–water partition coefficient (Wildman–Crippen LogP) is 2.59. The highest BCUT2D eigenvalue weighted by Crippen LogP contribution is 2.17. The number of carbonyl (C=O) groups excluding carboxylic acids is 1. The molecule has 0 aromatic heterocycles. The fraction of sp³-hybridized carbons (Fsp3) is 0.611. The lowest BCUT2D eigenvalue weighted by Gasteiger charge is -2.38. The second kappa shape index (κ2) is 7.77. The highest BCUT2D eigenvalue weighted by Gasteiger charge is 2.24. The number of halogens is 1. The number of carbonyl (C=O) groups is 1. The molecule has 1 fully saturated rings. The van der Waals surface area contributed by atoms with Crippen molar-refractivity contribution >= 4 is 11.6 Å². The highest BCUT2D eigenvalue weighted by atomic mass is 19.1. The number of hydrogen-bond donors (Lipinski definition) is 0. The maximum absolute atomic E-state index is 13.0. The molecular weight excluding hydrogens is 293 g/mol. The zero-order valence-electron chi connectivity index (χ0n) is 14.6. The number of hydrogen-bond acceptors (Lipinski definition) is 3. The lowest BCUT2D eigenvalue weighted by molar-refractivity contribution is -0.136. The summed E-state index contributed by atoms with van der Waals surface area (Å²) in [5.41, 5.74) is 1.04. The third-order valence-corrected chi connectivity index (χ3v) is 4.32. The molecule has 1 aromatic rings. The Kier molecular flexibility index (Phi) is 5.99. The standard InChI is InChI=1S/C18H28FN3O/c1-14(2)22(15(3)4)18(23)13-20-9-11-21(12-10-20)17-7-5-16(19)6-8-17/h5-8,14-15H,9-13H2,1-4H3. The largest absolute Gasteiger partial charge is 0.369 e. The van der Waals surface area contributed by atoms with E-state index in [2.05, 4.69) is 37.5 Å². The van der Waals surface area contributed by atoms with Gasteiger partial charge in [-0.1, -0.05) is 0 Å². The minimum absolute atomic E-state index is 0.199. The van der Waals surface area contributed by atoms with Crippen LogP contribution in [0.15, 0.2) is 24.3 Å². The maximum atomic E-state index is 13.0. The molecular formula is C18H28FN3O. The van der Waals surface area contributed by atoms with Crippen LogP contribution < -0.4 is 4.90 Å². The second-order valence-corrected chi connectivity index (χ2v) is 6.73. The van der Waals surface area contributed by atoms with Gasteiger partial charge in [-0.15, -0.1) is 0 Å². The average molecular weight is 321 g/mol. The number of nitrogens with zero attached hydrogens (tertiary/aromatic N) is 3. The molecule has 0 bridgehead atoms. The molecule has 1 amide bonds. The van der Waals surface area contributed by atoms with E-state index in [4.69, 9.17) is 0 Å². The van der Waals surface area contributed by atoms with Gasteiger partial charge in [0.1, 0.15) is 5.82 Å². The average Bonchev–Trinajstić information content (AvgIpc) is 2.48. The summed E-state index contributed by atoms with van der Waals surface area (Å²) >= 11 is 0. The van der Waals surface area contributed by atoms with Crippen LogP contribution in [0.4, 0.5) is 10.1 Å². The van der Waals surface area contributed by atoms with Gasteiger partial charge in [-0.05, 0) is 52.0 Å². The molecule has 0 aliphatic carbocycles. The van der Waals surface area contributed by atoms with E-state index in [1.165, 1.54) is 12.1 Å². The Hall–Kier alpha value is -1.62. The summed E-state index contributed by atoms with van der Waals surface area (Å²) in [6.07, 6.45) is 0. The fourth-order valence-electron chi connectivity index (χ4n) is 3.26. The first-order valence-corrected chi connectivity index (χ1v) is 8.42. The quantitative estimate of drug-likeness (QED) is 0.834. The van der Waals surface area contributed by atoms with Crippen LogP contribution in [0.2, 0.25) is 0 Å². The van der Waals surface area contributed by atoms with Gasteiger partial charge < -0.3 is 9.80 Å². The van der Waals surface area contributed by atoms with E-state index < -0.39 is 0 Å². The van der Waals surface area contributed by atoms with Crippen molar-refractivity contribution < 1.29 is 9.18 Å². The fourth-order valence-corrected chi connectivity index (χ4v) is 3.26. The lowest BCUT2D eigenvalue weighted by atomic mass is 10.2. The normalized spacial score (nSPS) is 16.2. The van der Waals surface area contributed by atoms with Gasteiger partial charge in [-0.25, -0.2) is 4.39 Å². The van der Waals surface area contributed by atoms with Crippen molar-refractivity contribution in [2.75, 3.05) is 37.6 Å². The molecule has 1 aromatic carbocycles. The Morgan fingerprint density at radius 1 is 1.04 bits per heavy atom. The summed E-state index contributed by atoms with van der Waals surface area (Å²) in [5, 5.41) is 0. The van der Waals surface area contributed by atoms with Crippen LogP contribution in [0.5, 0.6) is 0 Å². The molecule has 0 saturated carbocycles. The summed E-state index contributed by atoms with van der Waals surface area (Å²) in [5.74, 6) is -0.00863. The van der Waals surface area contributed by atoms with Crippen LogP contribution in [0.1, 0.15) is 27.7 Å². The third-order valence-electron chi connectivity index (χ3n) is 4.32. The highest BCUT2D eigenvalue weighted by molar-refractivity contribution is 5.78. The summed E-state index contributed by atoms with van der Waals surface area (Å²) in [4.78, 5) is 18.9. The van der Waals surface area contributed by atoms with Gasteiger partial charge in [0.2, 0.25) is 5.91 Å². The second-order valence-electron chi connectivity index (χ2n) is 6.73.